The van der Waals surface area contributed by atoms with Crippen molar-refractivity contribution in [2.75, 3.05) is 19.6 Å². The van der Waals surface area contributed by atoms with Crippen molar-refractivity contribution in [2.24, 2.45) is 0 Å². The topological polar surface area (TPSA) is 32.3 Å². The Morgan fingerprint density at radius 3 is 2.33 bits per heavy atom. The summed E-state index contributed by atoms with van der Waals surface area (Å²) >= 11 is 3.36. The molecule has 0 aliphatic heterocycles. The fraction of sp³-hybridized carbons (Fsp3) is 0.500. The van der Waals surface area contributed by atoms with Crippen LogP contribution in [-0.4, -0.2) is 36.5 Å². The van der Waals surface area contributed by atoms with E-state index in [-0.39, 0.29) is 5.91 Å². The summed E-state index contributed by atoms with van der Waals surface area (Å²) in [5.41, 5.74) is 0.699. The molecule has 0 bridgehead atoms. The minimum Gasteiger partial charge on any atom is -0.350 e. The number of hydrogen-bond donors (Lipinski definition) is 1. The fourth-order valence-electron chi connectivity index (χ4n) is 1.92. The third-order valence-corrected chi connectivity index (χ3v) is 3.63. The number of nitrogens with zero attached hydrogens (tertiary/aromatic N) is 1. The minimum atomic E-state index is -0.0125. The van der Waals surface area contributed by atoms with E-state index < -0.39 is 0 Å². The highest BCUT2D eigenvalue weighted by atomic mass is 79.9. The van der Waals surface area contributed by atoms with Crippen LogP contribution >= 0.6 is 15.9 Å². The van der Waals surface area contributed by atoms with Gasteiger partial charge in [-0.05, 0) is 44.3 Å². The molecule has 1 atom stereocenters. The van der Waals surface area contributed by atoms with Crippen molar-refractivity contribution in [2.45, 2.75) is 26.8 Å². The van der Waals surface area contributed by atoms with Gasteiger partial charge in [0.15, 0.2) is 0 Å². The number of rotatable bonds is 6. The van der Waals surface area contributed by atoms with Crippen molar-refractivity contribution < 1.29 is 4.79 Å². The Hall–Kier alpha value is -0.870. The van der Waals surface area contributed by atoms with Crippen LogP contribution in [0, 0.1) is 0 Å². The number of benzene rings is 1. The van der Waals surface area contributed by atoms with Gasteiger partial charge < -0.3 is 5.32 Å². The number of hydrogen-bond acceptors (Lipinski definition) is 2. The molecule has 0 radical (unpaired) electrons. The zero-order valence-electron chi connectivity index (χ0n) is 11.2. The first-order valence-electron chi connectivity index (χ1n) is 6.36. The number of nitrogens with one attached hydrogen (secondary N) is 1. The smallest absolute Gasteiger partial charge is 0.251 e. The maximum atomic E-state index is 11.9. The Bertz CT molecular complexity index is 374. The SMILES string of the molecule is CCN(CC)C(C)CNC(=O)c1ccc(Br)cc1. The number of carbonyl (C=O) groups excluding carboxylic acids is 1. The minimum absolute atomic E-state index is 0.0125. The lowest BCUT2D eigenvalue weighted by atomic mass is 10.2. The molecule has 0 heterocycles. The summed E-state index contributed by atoms with van der Waals surface area (Å²) in [6, 6.07) is 7.76. The summed E-state index contributed by atoms with van der Waals surface area (Å²) in [6.45, 7) is 9.09. The standard InChI is InChI=1S/C14H21BrN2O/c1-4-17(5-2)11(3)10-16-14(18)12-6-8-13(15)9-7-12/h6-9,11H,4-5,10H2,1-3H3,(H,16,18). The van der Waals surface area contributed by atoms with Crippen LogP contribution in [0.5, 0.6) is 0 Å². The average molecular weight is 313 g/mol. The second kappa shape index (κ2) is 7.54. The van der Waals surface area contributed by atoms with E-state index in [1.807, 2.05) is 24.3 Å². The molecule has 1 N–H and O–H groups in total. The van der Waals surface area contributed by atoms with Crippen LogP contribution in [0.3, 0.4) is 0 Å². The second-order valence-electron chi connectivity index (χ2n) is 4.29. The Kier molecular flexibility index (Phi) is 6.36. The summed E-state index contributed by atoms with van der Waals surface area (Å²) in [5.74, 6) is -0.0125. The van der Waals surface area contributed by atoms with Gasteiger partial charge in [0, 0.05) is 22.6 Å². The highest BCUT2D eigenvalue weighted by molar-refractivity contribution is 9.10. The Morgan fingerprint density at radius 1 is 1.28 bits per heavy atom. The number of halogens is 1. The van der Waals surface area contributed by atoms with Gasteiger partial charge in [0.25, 0.3) is 5.91 Å². The largest absolute Gasteiger partial charge is 0.350 e. The van der Waals surface area contributed by atoms with Gasteiger partial charge >= 0.3 is 0 Å². The van der Waals surface area contributed by atoms with Crippen LogP contribution in [0.25, 0.3) is 0 Å². The molecule has 0 spiro atoms. The van der Waals surface area contributed by atoms with E-state index in [9.17, 15) is 4.79 Å². The van der Waals surface area contributed by atoms with Gasteiger partial charge in [0.1, 0.15) is 0 Å². The van der Waals surface area contributed by atoms with E-state index in [0.717, 1.165) is 17.6 Å². The zero-order valence-corrected chi connectivity index (χ0v) is 12.8. The molecule has 18 heavy (non-hydrogen) atoms. The first-order valence-corrected chi connectivity index (χ1v) is 7.15. The molecular weight excluding hydrogens is 292 g/mol. The van der Waals surface area contributed by atoms with Crippen molar-refractivity contribution in [1.82, 2.24) is 10.2 Å². The Balaban J connectivity index is 2.48. The summed E-state index contributed by atoms with van der Waals surface area (Å²) in [6.07, 6.45) is 0. The molecule has 0 saturated carbocycles. The van der Waals surface area contributed by atoms with Crippen LogP contribution in [0.2, 0.25) is 0 Å². The molecule has 0 aliphatic carbocycles. The van der Waals surface area contributed by atoms with E-state index in [1.165, 1.54) is 0 Å². The first kappa shape index (κ1) is 15.2. The van der Waals surface area contributed by atoms with Crippen LogP contribution in [-0.2, 0) is 0 Å². The number of amides is 1. The van der Waals surface area contributed by atoms with Gasteiger partial charge in [-0.25, -0.2) is 0 Å². The van der Waals surface area contributed by atoms with Gasteiger partial charge in [-0.1, -0.05) is 29.8 Å². The van der Waals surface area contributed by atoms with Gasteiger partial charge in [0.2, 0.25) is 0 Å². The van der Waals surface area contributed by atoms with Crippen molar-refractivity contribution in [1.29, 1.82) is 0 Å². The van der Waals surface area contributed by atoms with Crippen molar-refractivity contribution in [3.05, 3.63) is 34.3 Å². The van der Waals surface area contributed by atoms with Gasteiger partial charge in [-0.2, -0.15) is 0 Å². The molecule has 1 aromatic carbocycles. The first-order chi connectivity index (χ1) is 8.58. The zero-order chi connectivity index (χ0) is 13.5. The molecule has 4 heteroatoms. The average Bonchev–Trinajstić information content (AvgIpc) is 2.38. The molecule has 1 aromatic rings. The molecule has 0 aliphatic rings. The molecule has 1 unspecified atom stereocenters. The molecular formula is C14H21BrN2O. The number of likely N-dealkylation sites (N-methyl/N-ethyl adjacent to an activating group) is 1. The van der Waals surface area contributed by atoms with Crippen LogP contribution in [0.1, 0.15) is 31.1 Å². The highest BCUT2D eigenvalue weighted by Gasteiger charge is 2.12. The molecule has 0 aromatic heterocycles. The normalized spacial score (nSPS) is 12.5. The van der Waals surface area contributed by atoms with Crippen molar-refractivity contribution in [3.63, 3.8) is 0 Å². The van der Waals surface area contributed by atoms with E-state index >= 15 is 0 Å². The third-order valence-electron chi connectivity index (χ3n) is 3.10. The van der Waals surface area contributed by atoms with E-state index in [1.54, 1.807) is 0 Å². The van der Waals surface area contributed by atoms with Gasteiger partial charge in [-0.15, -0.1) is 0 Å². The van der Waals surface area contributed by atoms with Crippen molar-refractivity contribution in [3.8, 4) is 0 Å². The molecule has 1 rings (SSSR count). The van der Waals surface area contributed by atoms with Crippen LogP contribution in [0.4, 0.5) is 0 Å². The van der Waals surface area contributed by atoms with E-state index in [0.29, 0.717) is 18.2 Å². The molecule has 0 saturated heterocycles. The molecule has 0 fully saturated rings. The maximum absolute atomic E-state index is 11.9. The third kappa shape index (κ3) is 4.42. The summed E-state index contributed by atoms with van der Waals surface area (Å²) < 4.78 is 0.982. The van der Waals surface area contributed by atoms with Crippen molar-refractivity contribution >= 4 is 21.8 Å². The van der Waals surface area contributed by atoms with Crippen LogP contribution < -0.4 is 5.32 Å². The quantitative estimate of drug-likeness (QED) is 0.876. The Labute approximate surface area is 118 Å². The monoisotopic (exact) mass is 312 g/mol. The lowest BCUT2D eigenvalue weighted by Gasteiger charge is -2.26. The summed E-state index contributed by atoms with van der Waals surface area (Å²) in [4.78, 5) is 14.2. The van der Waals surface area contributed by atoms with Gasteiger partial charge in [0.05, 0.1) is 0 Å². The fourth-order valence-corrected chi connectivity index (χ4v) is 2.18. The predicted octanol–water partition coefficient (Wildman–Crippen LogP) is 2.91. The molecule has 3 nitrogen and oxygen atoms in total. The Morgan fingerprint density at radius 2 is 1.83 bits per heavy atom. The number of carbonyl (C=O) groups is 1. The predicted molar refractivity (Wildman–Crippen MR) is 78.9 cm³/mol. The maximum Gasteiger partial charge on any atom is 0.251 e. The molecule has 1 amide bonds. The van der Waals surface area contributed by atoms with Gasteiger partial charge in [-0.3, -0.25) is 9.69 Å². The summed E-state index contributed by atoms with van der Waals surface area (Å²) in [7, 11) is 0. The lowest BCUT2D eigenvalue weighted by Crippen LogP contribution is -2.41. The molecule has 100 valence electrons. The summed E-state index contributed by atoms with van der Waals surface area (Å²) in [5, 5.41) is 2.97. The lowest BCUT2D eigenvalue weighted by molar-refractivity contribution is 0.0938. The highest BCUT2D eigenvalue weighted by Crippen LogP contribution is 2.10. The second-order valence-corrected chi connectivity index (χ2v) is 5.20. The van der Waals surface area contributed by atoms with E-state index in [4.69, 9.17) is 0 Å². The van der Waals surface area contributed by atoms with E-state index in [2.05, 4.69) is 46.9 Å². The van der Waals surface area contributed by atoms with Crippen LogP contribution in [0.15, 0.2) is 28.7 Å².